The van der Waals surface area contributed by atoms with E-state index in [4.69, 9.17) is 21.7 Å². The second kappa shape index (κ2) is 8.33. The third kappa shape index (κ3) is 6.01. The lowest BCUT2D eigenvalue weighted by atomic mass is 10.2. The monoisotopic (exact) mass is 340 g/mol. The molecule has 0 amide bonds. The van der Waals surface area contributed by atoms with Gasteiger partial charge in [0.05, 0.1) is 12.4 Å². The molecule has 0 spiro atoms. The molecule has 0 atom stereocenters. The Balaban J connectivity index is 1.76. The zero-order valence-electron chi connectivity index (χ0n) is 11.6. The van der Waals surface area contributed by atoms with Gasteiger partial charge in [0.1, 0.15) is 0 Å². The highest BCUT2D eigenvalue weighted by Gasteiger charge is 2.01. The van der Waals surface area contributed by atoms with Crippen molar-refractivity contribution in [1.29, 1.82) is 0 Å². The van der Waals surface area contributed by atoms with Gasteiger partial charge >= 0.3 is 0 Å². The van der Waals surface area contributed by atoms with E-state index in [0.29, 0.717) is 16.3 Å². The van der Waals surface area contributed by atoms with Gasteiger partial charge in [-0.05, 0) is 30.3 Å². The van der Waals surface area contributed by atoms with Crippen molar-refractivity contribution >= 4 is 35.3 Å². The summed E-state index contributed by atoms with van der Waals surface area (Å²) in [4.78, 5) is 0. The topological polar surface area (TPSA) is 47.1 Å². The van der Waals surface area contributed by atoms with Gasteiger partial charge in [-0.3, -0.25) is 5.10 Å². The molecule has 0 aliphatic carbocycles. The average Bonchev–Trinajstić information content (AvgIpc) is 2.88. The van der Waals surface area contributed by atoms with Crippen LogP contribution in [0.3, 0.4) is 0 Å². The van der Waals surface area contributed by atoms with Crippen LogP contribution >= 0.6 is 35.3 Å². The first-order valence-corrected chi connectivity index (χ1v) is 8.46. The summed E-state index contributed by atoms with van der Waals surface area (Å²) in [6.45, 7) is 6.20. The van der Waals surface area contributed by atoms with E-state index in [1.54, 1.807) is 18.7 Å². The minimum absolute atomic E-state index is 0.233. The van der Waals surface area contributed by atoms with Crippen molar-refractivity contribution in [3.8, 4) is 0 Å². The lowest BCUT2D eigenvalue weighted by molar-refractivity contribution is -0.0310. The normalized spacial score (nSPS) is 10.5. The SMILES string of the molecule is C=C(C)OCOCc1ccc(CSc2n[nH]c(=S)s2)cc1. The minimum Gasteiger partial charge on any atom is -0.473 e. The molecule has 0 saturated heterocycles. The first kappa shape index (κ1) is 16.2. The molecule has 0 bridgehead atoms. The van der Waals surface area contributed by atoms with E-state index in [2.05, 4.69) is 41.0 Å². The van der Waals surface area contributed by atoms with Crippen LogP contribution in [0.4, 0.5) is 0 Å². The van der Waals surface area contributed by atoms with Crippen molar-refractivity contribution in [3.05, 3.63) is 51.7 Å². The van der Waals surface area contributed by atoms with E-state index in [1.807, 2.05) is 0 Å². The molecule has 4 nitrogen and oxygen atoms in total. The maximum atomic E-state index is 5.39. The molecule has 0 radical (unpaired) electrons. The highest BCUT2D eigenvalue weighted by atomic mass is 32.2. The van der Waals surface area contributed by atoms with Gasteiger partial charge in [-0.15, -0.1) is 0 Å². The van der Waals surface area contributed by atoms with Crippen LogP contribution in [0.15, 0.2) is 40.9 Å². The molecule has 1 aromatic carbocycles. The number of rotatable bonds is 8. The Morgan fingerprint density at radius 3 is 2.71 bits per heavy atom. The van der Waals surface area contributed by atoms with E-state index < -0.39 is 0 Å². The number of nitrogens with one attached hydrogen (secondary N) is 1. The van der Waals surface area contributed by atoms with Crippen LogP contribution in [0.25, 0.3) is 0 Å². The molecule has 0 unspecified atom stereocenters. The summed E-state index contributed by atoms with van der Waals surface area (Å²) in [7, 11) is 0. The van der Waals surface area contributed by atoms with E-state index in [1.165, 1.54) is 16.9 Å². The van der Waals surface area contributed by atoms with E-state index in [0.717, 1.165) is 15.7 Å². The Hall–Kier alpha value is -1.15. The van der Waals surface area contributed by atoms with Crippen molar-refractivity contribution in [1.82, 2.24) is 10.2 Å². The summed E-state index contributed by atoms with van der Waals surface area (Å²) in [6, 6.07) is 8.31. The highest BCUT2D eigenvalue weighted by Crippen LogP contribution is 2.24. The predicted octanol–water partition coefficient (Wildman–Crippen LogP) is 4.52. The van der Waals surface area contributed by atoms with Gasteiger partial charge in [0.25, 0.3) is 0 Å². The molecular weight excluding hydrogens is 324 g/mol. The summed E-state index contributed by atoms with van der Waals surface area (Å²) in [5.74, 6) is 1.53. The quantitative estimate of drug-likeness (QED) is 0.252. The number of allylic oxidation sites excluding steroid dienone is 1. The smallest absolute Gasteiger partial charge is 0.188 e. The van der Waals surface area contributed by atoms with Crippen LogP contribution < -0.4 is 0 Å². The maximum absolute atomic E-state index is 5.39. The minimum atomic E-state index is 0.233. The molecule has 1 aromatic heterocycles. The number of hydrogen-bond donors (Lipinski definition) is 1. The van der Waals surface area contributed by atoms with Crippen molar-refractivity contribution in [3.63, 3.8) is 0 Å². The number of benzene rings is 1. The summed E-state index contributed by atoms with van der Waals surface area (Å²) in [6.07, 6.45) is 0. The van der Waals surface area contributed by atoms with Crippen molar-refractivity contribution in [2.24, 2.45) is 0 Å². The number of ether oxygens (including phenoxy) is 2. The second-order valence-corrected chi connectivity index (χ2v) is 7.19. The summed E-state index contributed by atoms with van der Waals surface area (Å²) >= 11 is 8.17. The van der Waals surface area contributed by atoms with Crippen LogP contribution in [0, 0.1) is 3.95 Å². The number of aromatic amines is 1. The molecule has 1 N–H and O–H groups in total. The Labute approximate surface area is 137 Å². The standard InChI is InChI=1S/C14H16N2O2S3/c1-10(2)18-9-17-7-11-3-5-12(6-4-11)8-20-14-16-15-13(19)21-14/h3-6H,1,7-9H2,2H3,(H,15,19). The number of hydrogen-bond acceptors (Lipinski definition) is 6. The Morgan fingerprint density at radius 2 is 2.10 bits per heavy atom. The highest BCUT2D eigenvalue weighted by molar-refractivity contribution is 8.00. The fraction of sp³-hybridized carbons (Fsp3) is 0.286. The maximum Gasteiger partial charge on any atom is 0.188 e. The number of aromatic nitrogens is 2. The van der Waals surface area contributed by atoms with Gasteiger partial charge in [-0.1, -0.05) is 53.9 Å². The fourth-order valence-electron chi connectivity index (χ4n) is 1.46. The van der Waals surface area contributed by atoms with Gasteiger partial charge in [0.15, 0.2) is 15.1 Å². The molecule has 112 valence electrons. The molecule has 0 aliphatic rings. The molecule has 7 heteroatoms. The average molecular weight is 340 g/mol. The van der Waals surface area contributed by atoms with Crippen molar-refractivity contribution in [2.75, 3.05) is 6.79 Å². The van der Waals surface area contributed by atoms with Gasteiger partial charge < -0.3 is 9.47 Å². The Kier molecular flexibility index (Phi) is 6.44. The lowest BCUT2D eigenvalue weighted by Gasteiger charge is -2.07. The zero-order valence-corrected chi connectivity index (χ0v) is 14.1. The fourth-order valence-corrected chi connectivity index (χ4v) is 3.49. The van der Waals surface area contributed by atoms with Gasteiger partial charge in [-0.2, -0.15) is 5.10 Å². The van der Waals surface area contributed by atoms with Crippen LogP contribution in [-0.2, 0) is 21.8 Å². The molecule has 1 heterocycles. The van der Waals surface area contributed by atoms with Gasteiger partial charge in [0.2, 0.25) is 0 Å². The third-order valence-electron chi connectivity index (χ3n) is 2.46. The van der Waals surface area contributed by atoms with Crippen LogP contribution in [0.2, 0.25) is 0 Å². The number of H-pyrrole nitrogens is 1. The van der Waals surface area contributed by atoms with Crippen LogP contribution in [0.1, 0.15) is 18.1 Å². The van der Waals surface area contributed by atoms with Crippen molar-refractivity contribution in [2.45, 2.75) is 23.6 Å². The van der Waals surface area contributed by atoms with Gasteiger partial charge in [-0.25, -0.2) is 0 Å². The lowest BCUT2D eigenvalue weighted by Crippen LogP contribution is -1.98. The summed E-state index contributed by atoms with van der Waals surface area (Å²) in [5.41, 5.74) is 2.35. The summed E-state index contributed by atoms with van der Waals surface area (Å²) in [5, 5.41) is 6.90. The molecular formula is C14H16N2O2S3. The molecule has 2 aromatic rings. The Morgan fingerprint density at radius 1 is 1.38 bits per heavy atom. The van der Waals surface area contributed by atoms with E-state index >= 15 is 0 Å². The van der Waals surface area contributed by atoms with E-state index in [9.17, 15) is 0 Å². The second-order valence-electron chi connectivity index (χ2n) is 4.30. The molecule has 0 fully saturated rings. The van der Waals surface area contributed by atoms with Crippen LogP contribution in [-0.4, -0.2) is 17.0 Å². The van der Waals surface area contributed by atoms with Crippen molar-refractivity contribution < 1.29 is 9.47 Å². The molecule has 21 heavy (non-hydrogen) atoms. The third-order valence-corrected chi connectivity index (χ3v) is 4.76. The first-order valence-electron chi connectivity index (χ1n) is 6.25. The molecule has 0 aliphatic heterocycles. The first-order chi connectivity index (χ1) is 10.1. The molecule has 2 rings (SSSR count). The number of nitrogens with zero attached hydrogens (tertiary/aromatic N) is 1. The predicted molar refractivity (Wildman–Crippen MR) is 88.9 cm³/mol. The largest absolute Gasteiger partial charge is 0.473 e. The zero-order chi connectivity index (χ0) is 15.1. The van der Waals surface area contributed by atoms with Crippen LogP contribution in [0.5, 0.6) is 0 Å². The summed E-state index contributed by atoms with van der Waals surface area (Å²) < 4.78 is 12.2. The van der Waals surface area contributed by atoms with Gasteiger partial charge in [0, 0.05) is 5.75 Å². The molecule has 0 saturated carbocycles. The van der Waals surface area contributed by atoms with E-state index in [-0.39, 0.29) is 6.79 Å². The Bertz CT molecular complexity index is 634. The number of thioether (sulfide) groups is 1.